The molecule has 0 radical (unpaired) electrons. The fourth-order valence-electron chi connectivity index (χ4n) is 5.62. The summed E-state index contributed by atoms with van der Waals surface area (Å²) in [6, 6.07) is 19.9. The van der Waals surface area contributed by atoms with Crippen molar-refractivity contribution in [1.82, 2.24) is 14.8 Å². The molecule has 0 spiro atoms. The number of piperidine rings is 2. The van der Waals surface area contributed by atoms with Gasteiger partial charge in [-0.15, -0.1) is 0 Å². The molecule has 5 rings (SSSR count). The van der Waals surface area contributed by atoms with Crippen LogP contribution in [-0.4, -0.2) is 52.8 Å². The summed E-state index contributed by atoms with van der Waals surface area (Å²) in [5, 5.41) is 1.17. The summed E-state index contributed by atoms with van der Waals surface area (Å²) < 4.78 is 0. The summed E-state index contributed by atoms with van der Waals surface area (Å²) in [5.41, 5.74) is 2.68. The molecule has 0 N–H and O–H groups in total. The Balaban J connectivity index is 1.22. The molecule has 1 atom stereocenters. The minimum atomic E-state index is -0.393. The van der Waals surface area contributed by atoms with Gasteiger partial charge >= 0.3 is 0 Å². The summed E-state index contributed by atoms with van der Waals surface area (Å²) in [5.74, 6) is 0.783. The molecule has 5 heteroatoms. The van der Waals surface area contributed by atoms with Crippen LogP contribution >= 0.6 is 0 Å². The fraction of sp³-hybridized carbons (Fsp3) is 0.414. The second kappa shape index (κ2) is 9.57. The average molecular weight is 456 g/mol. The van der Waals surface area contributed by atoms with Crippen LogP contribution in [0.25, 0.3) is 10.9 Å². The first-order valence-electron chi connectivity index (χ1n) is 12.5. The van der Waals surface area contributed by atoms with E-state index in [-0.39, 0.29) is 11.8 Å². The maximum Gasteiger partial charge on any atom is 0.253 e. The maximum absolute atomic E-state index is 13.6. The van der Waals surface area contributed by atoms with Crippen molar-refractivity contribution < 1.29 is 9.59 Å². The largest absolute Gasteiger partial charge is 0.342 e. The highest BCUT2D eigenvalue weighted by Crippen LogP contribution is 2.35. The molecule has 2 amide bonds. The molecule has 2 aliphatic heterocycles. The van der Waals surface area contributed by atoms with Crippen molar-refractivity contribution in [3.05, 3.63) is 78.0 Å². The number of hydrogen-bond acceptors (Lipinski definition) is 3. The summed E-state index contributed by atoms with van der Waals surface area (Å²) >= 11 is 0. The number of benzene rings is 2. The number of nitrogens with zero attached hydrogens (tertiary/aromatic N) is 3. The zero-order valence-corrected chi connectivity index (χ0v) is 20.0. The van der Waals surface area contributed by atoms with Gasteiger partial charge < -0.3 is 9.80 Å². The topological polar surface area (TPSA) is 53.5 Å². The van der Waals surface area contributed by atoms with Gasteiger partial charge in [-0.2, -0.15) is 0 Å². The first-order chi connectivity index (χ1) is 16.5. The van der Waals surface area contributed by atoms with Gasteiger partial charge in [-0.1, -0.05) is 49.4 Å². The minimum Gasteiger partial charge on any atom is -0.342 e. The number of hydrogen-bond donors (Lipinski definition) is 0. The summed E-state index contributed by atoms with van der Waals surface area (Å²) in [6.07, 6.45) is 6.44. The maximum atomic E-state index is 13.6. The van der Waals surface area contributed by atoms with Gasteiger partial charge in [0.2, 0.25) is 5.91 Å². The van der Waals surface area contributed by atoms with Gasteiger partial charge in [0, 0.05) is 48.7 Å². The number of carbonyl (C=O) groups is 2. The van der Waals surface area contributed by atoms with Gasteiger partial charge in [0.1, 0.15) is 0 Å². The SMILES string of the molecule is CC1(C(=O)N2CCC[C@@H](Cc3cccc4cccnc34)C2)CCN(C(=O)c2ccccc2)CC1. The number of para-hydroxylation sites is 1. The van der Waals surface area contributed by atoms with E-state index >= 15 is 0 Å². The second-order valence-electron chi connectivity index (χ2n) is 10.2. The molecule has 2 saturated heterocycles. The van der Waals surface area contributed by atoms with Crippen LogP contribution in [0, 0.1) is 11.3 Å². The van der Waals surface area contributed by atoms with Crippen LogP contribution in [0.5, 0.6) is 0 Å². The molecule has 3 heterocycles. The molecular weight excluding hydrogens is 422 g/mol. The molecule has 0 saturated carbocycles. The third-order valence-corrected chi connectivity index (χ3v) is 7.72. The van der Waals surface area contributed by atoms with Crippen molar-refractivity contribution in [2.75, 3.05) is 26.2 Å². The van der Waals surface area contributed by atoms with Crippen LogP contribution in [-0.2, 0) is 11.2 Å². The lowest BCUT2D eigenvalue weighted by molar-refractivity contribution is -0.145. The van der Waals surface area contributed by atoms with Crippen LogP contribution in [0.4, 0.5) is 0 Å². The lowest BCUT2D eigenvalue weighted by atomic mass is 9.78. The van der Waals surface area contributed by atoms with Crippen molar-refractivity contribution in [2.24, 2.45) is 11.3 Å². The van der Waals surface area contributed by atoms with Crippen LogP contribution in [0.2, 0.25) is 0 Å². The lowest BCUT2D eigenvalue weighted by Crippen LogP contribution is -2.52. The molecule has 0 unspecified atom stereocenters. The van der Waals surface area contributed by atoms with E-state index in [1.807, 2.05) is 47.5 Å². The third-order valence-electron chi connectivity index (χ3n) is 7.72. The van der Waals surface area contributed by atoms with Crippen molar-refractivity contribution in [3.8, 4) is 0 Å². The van der Waals surface area contributed by atoms with Crippen molar-refractivity contribution in [3.63, 3.8) is 0 Å². The molecule has 2 fully saturated rings. The molecule has 1 aromatic heterocycles. The van der Waals surface area contributed by atoms with E-state index in [2.05, 4.69) is 41.1 Å². The predicted molar refractivity (Wildman–Crippen MR) is 134 cm³/mol. The molecule has 3 aromatic rings. The number of aromatic nitrogens is 1. The number of carbonyl (C=O) groups excluding carboxylic acids is 2. The van der Waals surface area contributed by atoms with Crippen LogP contribution in [0.3, 0.4) is 0 Å². The Morgan fingerprint density at radius 2 is 1.71 bits per heavy atom. The molecule has 34 heavy (non-hydrogen) atoms. The Labute approximate surface area is 201 Å². The number of amides is 2. The van der Waals surface area contributed by atoms with E-state index in [4.69, 9.17) is 0 Å². The Morgan fingerprint density at radius 3 is 2.50 bits per heavy atom. The minimum absolute atomic E-state index is 0.0665. The van der Waals surface area contributed by atoms with Gasteiger partial charge in [0.25, 0.3) is 5.91 Å². The summed E-state index contributed by atoms with van der Waals surface area (Å²) in [4.78, 5) is 35.1. The van der Waals surface area contributed by atoms with E-state index < -0.39 is 5.41 Å². The van der Waals surface area contributed by atoms with E-state index in [1.165, 1.54) is 10.9 Å². The molecule has 0 bridgehead atoms. The molecule has 2 aliphatic rings. The number of likely N-dealkylation sites (tertiary alicyclic amines) is 2. The van der Waals surface area contributed by atoms with E-state index in [0.29, 0.717) is 19.0 Å². The zero-order valence-electron chi connectivity index (χ0n) is 20.0. The smallest absolute Gasteiger partial charge is 0.253 e. The van der Waals surface area contributed by atoms with Gasteiger partial charge in [0.05, 0.1) is 5.52 Å². The number of pyridine rings is 1. The lowest BCUT2D eigenvalue weighted by Gasteiger charge is -2.43. The zero-order chi connectivity index (χ0) is 23.5. The van der Waals surface area contributed by atoms with Crippen molar-refractivity contribution >= 4 is 22.7 Å². The van der Waals surface area contributed by atoms with E-state index in [1.54, 1.807) is 0 Å². The molecule has 5 nitrogen and oxygen atoms in total. The molecule has 176 valence electrons. The normalized spacial score (nSPS) is 20.3. The Morgan fingerprint density at radius 1 is 0.941 bits per heavy atom. The van der Waals surface area contributed by atoms with Crippen molar-refractivity contribution in [1.29, 1.82) is 0 Å². The monoisotopic (exact) mass is 455 g/mol. The fourth-order valence-corrected chi connectivity index (χ4v) is 5.62. The van der Waals surface area contributed by atoms with Crippen molar-refractivity contribution in [2.45, 2.75) is 39.0 Å². The third kappa shape index (κ3) is 4.56. The molecule has 2 aromatic carbocycles. The van der Waals surface area contributed by atoms with Gasteiger partial charge in [-0.25, -0.2) is 0 Å². The van der Waals surface area contributed by atoms with E-state index in [9.17, 15) is 9.59 Å². The predicted octanol–water partition coefficient (Wildman–Crippen LogP) is 4.96. The highest BCUT2D eigenvalue weighted by Gasteiger charge is 2.41. The summed E-state index contributed by atoms with van der Waals surface area (Å²) in [7, 11) is 0. The first kappa shape index (κ1) is 22.6. The first-order valence-corrected chi connectivity index (χ1v) is 12.5. The summed E-state index contributed by atoms with van der Waals surface area (Å²) in [6.45, 7) is 5.01. The van der Waals surface area contributed by atoms with Gasteiger partial charge in [-0.3, -0.25) is 14.6 Å². The van der Waals surface area contributed by atoms with Crippen LogP contribution in [0.15, 0.2) is 66.9 Å². The highest BCUT2D eigenvalue weighted by molar-refractivity contribution is 5.94. The Kier molecular flexibility index (Phi) is 6.36. The van der Waals surface area contributed by atoms with Gasteiger partial charge in [0.15, 0.2) is 0 Å². The second-order valence-corrected chi connectivity index (χ2v) is 10.2. The van der Waals surface area contributed by atoms with Crippen LogP contribution < -0.4 is 0 Å². The molecular formula is C29H33N3O2. The average Bonchev–Trinajstić information content (AvgIpc) is 2.89. The van der Waals surface area contributed by atoms with Crippen LogP contribution in [0.1, 0.15) is 48.5 Å². The quantitative estimate of drug-likeness (QED) is 0.559. The Hall–Kier alpha value is -3.21. The van der Waals surface area contributed by atoms with E-state index in [0.717, 1.165) is 56.3 Å². The van der Waals surface area contributed by atoms with Gasteiger partial charge in [-0.05, 0) is 61.8 Å². The number of fused-ring (bicyclic) bond motifs is 1. The standard InChI is InChI=1S/C29H33N3O2/c1-29(14-18-31(19-15-29)27(33)24-9-3-2-4-10-24)28(34)32-17-7-8-22(21-32)20-25-12-5-11-23-13-6-16-30-26(23)25/h2-6,9-13,16,22H,7-8,14-15,17-21H2,1H3/t22-/m0/s1. The highest BCUT2D eigenvalue weighted by atomic mass is 16.2. The number of rotatable bonds is 4. The Bertz CT molecular complexity index is 1160. The molecule has 0 aliphatic carbocycles.